The zero-order valence-corrected chi connectivity index (χ0v) is 9.86. The highest BCUT2D eigenvalue weighted by Gasteiger charge is 2.38. The maximum Gasteiger partial charge on any atom is 0.235 e. The van der Waals surface area contributed by atoms with Crippen molar-refractivity contribution in [2.24, 2.45) is 4.99 Å². The Kier molecular flexibility index (Phi) is 2.93. The van der Waals surface area contributed by atoms with Crippen molar-refractivity contribution < 1.29 is 4.79 Å². The SMILES string of the molecule is CC(C)c1ccc(C2(N=C=O)CCC2)cc1. The minimum absolute atomic E-state index is 0.253. The standard InChI is InChI=1S/C14H17NO/c1-11(2)12-4-6-13(7-5-12)14(15-10-16)8-3-9-14/h4-7,11H,3,8-9H2,1-2H3. The van der Waals surface area contributed by atoms with E-state index < -0.39 is 0 Å². The Labute approximate surface area is 96.4 Å². The third-order valence-electron chi connectivity index (χ3n) is 3.56. The van der Waals surface area contributed by atoms with E-state index in [1.54, 1.807) is 6.08 Å². The van der Waals surface area contributed by atoms with Crippen molar-refractivity contribution >= 4 is 6.08 Å². The van der Waals surface area contributed by atoms with Crippen LogP contribution in [0.15, 0.2) is 29.3 Å². The molecule has 1 aromatic carbocycles. The molecule has 0 aliphatic heterocycles. The molecule has 1 aromatic rings. The predicted octanol–water partition coefficient (Wildman–Crippen LogP) is 3.53. The molecule has 0 N–H and O–H groups in total. The molecule has 0 atom stereocenters. The number of hydrogen-bond acceptors (Lipinski definition) is 2. The number of rotatable bonds is 3. The van der Waals surface area contributed by atoms with Crippen LogP contribution in [0.2, 0.25) is 0 Å². The number of isocyanates is 1. The zero-order chi connectivity index (χ0) is 11.6. The fraction of sp³-hybridized carbons (Fsp3) is 0.500. The first-order chi connectivity index (χ1) is 7.68. The normalized spacial score (nSPS) is 17.7. The average molecular weight is 215 g/mol. The van der Waals surface area contributed by atoms with Gasteiger partial charge in [-0.2, -0.15) is 4.99 Å². The molecule has 84 valence electrons. The Bertz CT molecular complexity index is 409. The molecule has 0 spiro atoms. The van der Waals surface area contributed by atoms with Gasteiger partial charge in [0.15, 0.2) is 0 Å². The van der Waals surface area contributed by atoms with E-state index in [1.807, 2.05) is 0 Å². The zero-order valence-electron chi connectivity index (χ0n) is 9.86. The van der Waals surface area contributed by atoms with Gasteiger partial charge in [-0.1, -0.05) is 38.1 Å². The van der Waals surface area contributed by atoms with E-state index in [-0.39, 0.29) is 5.54 Å². The largest absolute Gasteiger partial charge is 0.235 e. The summed E-state index contributed by atoms with van der Waals surface area (Å²) < 4.78 is 0. The van der Waals surface area contributed by atoms with Crippen LogP contribution in [-0.2, 0) is 10.3 Å². The van der Waals surface area contributed by atoms with Gasteiger partial charge in [-0.05, 0) is 36.3 Å². The summed E-state index contributed by atoms with van der Waals surface area (Å²) in [4.78, 5) is 14.5. The summed E-state index contributed by atoms with van der Waals surface area (Å²) >= 11 is 0. The first-order valence-corrected chi connectivity index (χ1v) is 5.87. The number of hydrogen-bond donors (Lipinski definition) is 0. The van der Waals surface area contributed by atoms with Crippen molar-refractivity contribution in [1.82, 2.24) is 0 Å². The first kappa shape index (κ1) is 11.1. The summed E-state index contributed by atoms with van der Waals surface area (Å²) in [5, 5.41) is 0. The fourth-order valence-corrected chi connectivity index (χ4v) is 2.24. The maximum atomic E-state index is 10.5. The molecule has 1 saturated carbocycles. The molecule has 1 aliphatic carbocycles. The van der Waals surface area contributed by atoms with Gasteiger partial charge in [0.25, 0.3) is 0 Å². The van der Waals surface area contributed by atoms with Gasteiger partial charge in [0.1, 0.15) is 0 Å². The van der Waals surface area contributed by atoms with Crippen molar-refractivity contribution in [2.75, 3.05) is 0 Å². The summed E-state index contributed by atoms with van der Waals surface area (Å²) in [5.74, 6) is 0.543. The molecule has 0 saturated heterocycles. The summed E-state index contributed by atoms with van der Waals surface area (Å²) in [7, 11) is 0. The summed E-state index contributed by atoms with van der Waals surface area (Å²) in [5.41, 5.74) is 2.23. The highest BCUT2D eigenvalue weighted by Crippen LogP contribution is 2.44. The minimum atomic E-state index is -0.253. The summed E-state index contributed by atoms with van der Waals surface area (Å²) in [6.07, 6.45) is 4.82. The monoisotopic (exact) mass is 215 g/mol. The third-order valence-corrected chi connectivity index (χ3v) is 3.56. The topological polar surface area (TPSA) is 29.4 Å². The van der Waals surface area contributed by atoms with Crippen LogP contribution in [0.3, 0.4) is 0 Å². The molecule has 0 heterocycles. The fourth-order valence-electron chi connectivity index (χ4n) is 2.24. The van der Waals surface area contributed by atoms with Crippen LogP contribution in [-0.4, -0.2) is 6.08 Å². The molecule has 0 aromatic heterocycles. The van der Waals surface area contributed by atoms with Gasteiger partial charge in [-0.3, -0.25) is 0 Å². The molecule has 0 amide bonds. The maximum absolute atomic E-state index is 10.5. The lowest BCUT2D eigenvalue weighted by molar-refractivity contribution is 0.256. The Morgan fingerprint density at radius 3 is 2.25 bits per heavy atom. The van der Waals surface area contributed by atoms with Gasteiger partial charge in [0.2, 0.25) is 6.08 Å². The molecular formula is C14H17NO. The van der Waals surface area contributed by atoms with Crippen molar-refractivity contribution in [3.63, 3.8) is 0 Å². The van der Waals surface area contributed by atoms with E-state index in [0.29, 0.717) is 5.92 Å². The van der Waals surface area contributed by atoms with Gasteiger partial charge in [-0.25, -0.2) is 4.79 Å². The number of benzene rings is 1. The lowest BCUT2D eigenvalue weighted by Gasteiger charge is -2.37. The molecule has 2 nitrogen and oxygen atoms in total. The second-order valence-electron chi connectivity index (χ2n) is 4.86. The van der Waals surface area contributed by atoms with Gasteiger partial charge < -0.3 is 0 Å². The van der Waals surface area contributed by atoms with Crippen molar-refractivity contribution in [3.8, 4) is 0 Å². The second-order valence-corrected chi connectivity index (χ2v) is 4.86. The van der Waals surface area contributed by atoms with E-state index in [1.165, 1.54) is 5.56 Å². The Morgan fingerprint density at radius 2 is 1.88 bits per heavy atom. The van der Waals surface area contributed by atoms with Crippen LogP contribution in [0.25, 0.3) is 0 Å². The molecule has 2 rings (SSSR count). The highest BCUT2D eigenvalue weighted by atomic mass is 16.1. The van der Waals surface area contributed by atoms with Crippen LogP contribution in [0.5, 0.6) is 0 Å². The second kappa shape index (κ2) is 4.23. The van der Waals surface area contributed by atoms with E-state index in [9.17, 15) is 4.79 Å². The molecule has 16 heavy (non-hydrogen) atoms. The van der Waals surface area contributed by atoms with E-state index in [0.717, 1.165) is 24.8 Å². The average Bonchev–Trinajstić information content (AvgIpc) is 2.23. The van der Waals surface area contributed by atoms with Crippen LogP contribution in [0.4, 0.5) is 0 Å². The van der Waals surface area contributed by atoms with Crippen LogP contribution >= 0.6 is 0 Å². The van der Waals surface area contributed by atoms with E-state index >= 15 is 0 Å². The molecule has 0 unspecified atom stereocenters. The Balaban J connectivity index is 2.30. The lowest BCUT2D eigenvalue weighted by Crippen LogP contribution is -2.31. The van der Waals surface area contributed by atoms with Gasteiger partial charge in [-0.15, -0.1) is 0 Å². The number of aliphatic imine (C=N–C) groups is 1. The molecule has 2 heteroatoms. The predicted molar refractivity (Wildman–Crippen MR) is 64.2 cm³/mol. The smallest absolute Gasteiger partial charge is 0.211 e. The molecule has 1 aliphatic rings. The van der Waals surface area contributed by atoms with Crippen molar-refractivity contribution in [1.29, 1.82) is 0 Å². The molecule has 0 radical (unpaired) electrons. The minimum Gasteiger partial charge on any atom is -0.211 e. The quantitative estimate of drug-likeness (QED) is 0.560. The van der Waals surface area contributed by atoms with Gasteiger partial charge in [0, 0.05) is 0 Å². The Morgan fingerprint density at radius 1 is 1.25 bits per heavy atom. The lowest BCUT2D eigenvalue weighted by atomic mass is 9.72. The third kappa shape index (κ3) is 1.81. The van der Waals surface area contributed by atoms with E-state index in [4.69, 9.17) is 0 Å². The van der Waals surface area contributed by atoms with Crippen LogP contribution in [0.1, 0.15) is 50.2 Å². The Hall–Kier alpha value is -1.40. The molecule has 1 fully saturated rings. The molecule has 0 bridgehead atoms. The molecular weight excluding hydrogens is 198 g/mol. The van der Waals surface area contributed by atoms with Gasteiger partial charge >= 0.3 is 0 Å². The highest BCUT2D eigenvalue weighted by molar-refractivity contribution is 5.40. The van der Waals surface area contributed by atoms with Crippen molar-refractivity contribution in [3.05, 3.63) is 35.4 Å². The number of nitrogens with zero attached hydrogens (tertiary/aromatic N) is 1. The van der Waals surface area contributed by atoms with Crippen molar-refractivity contribution in [2.45, 2.75) is 44.6 Å². The summed E-state index contributed by atoms with van der Waals surface area (Å²) in [6, 6.07) is 8.49. The van der Waals surface area contributed by atoms with Crippen LogP contribution in [0, 0.1) is 0 Å². The van der Waals surface area contributed by atoms with Gasteiger partial charge in [0.05, 0.1) is 5.54 Å². The first-order valence-electron chi connectivity index (χ1n) is 5.87. The van der Waals surface area contributed by atoms with Crippen LogP contribution < -0.4 is 0 Å². The number of carbonyl (C=O) groups excluding carboxylic acids is 1. The summed E-state index contributed by atoms with van der Waals surface area (Å²) in [6.45, 7) is 4.36. The van der Waals surface area contributed by atoms with E-state index in [2.05, 4.69) is 43.1 Å².